The van der Waals surface area contributed by atoms with Crippen LogP contribution in [0.15, 0.2) is 0 Å². The van der Waals surface area contributed by atoms with Crippen LogP contribution in [0, 0.1) is 5.92 Å². The molecule has 44 heavy (non-hydrogen) atoms. The maximum absolute atomic E-state index is 11.9. The van der Waals surface area contributed by atoms with Crippen LogP contribution in [0.2, 0.25) is 0 Å². The molecule has 0 aliphatic rings. The first kappa shape index (κ1) is 43.5. The number of hydrogen-bond acceptors (Lipinski definition) is 2. The molecule has 2 nitrogen and oxygen atoms in total. The van der Waals surface area contributed by atoms with E-state index in [1.807, 2.05) is 0 Å². The summed E-state index contributed by atoms with van der Waals surface area (Å²) in [5.74, 6) is 0.913. The summed E-state index contributed by atoms with van der Waals surface area (Å²) in [4.78, 5) is 11.9. The van der Waals surface area contributed by atoms with E-state index in [1.165, 1.54) is 212 Å². The number of carbonyl (C=O) groups is 1. The molecule has 0 saturated carbocycles. The van der Waals surface area contributed by atoms with Crippen molar-refractivity contribution < 1.29 is 9.53 Å². The van der Waals surface area contributed by atoms with Gasteiger partial charge in [-0.25, -0.2) is 0 Å². The number of hydrogen-bond donors (Lipinski definition) is 0. The van der Waals surface area contributed by atoms with Gasteiger partial charge in [0.15, 0.2) is 0 Å². The molecule has 0 rings (SSSR count). The lowest BCUT2D eigenvalue weighted by molar-refractivity contribution is -0.143. The molecule has 0 aliphatic carbocycles. The first-order chi connectivity index (χ1) is 21.7. The summed E-state index contributed by atoms with van der Waals surface area (Å²) < 4.78 is 5.43. The predicted octanol–water partition coefficient (Wildman–Crippen LogP) is 15.2. The third-order valence-electron chi connectivity index (χ3n) is 9.67. The normalized spacial score (nSPS) is 11.5. The maximum atomic E-state index is 11.9. The van der Waals surface area contributed by atoms with E-state index < -0.39 is 0 Å². The molecule has 0 saturated heterocycles. The quantitative estimate of drug-likeness (QED) is 0.0507. The van der Waals surface area contributed by atoms with Crippen LogP contribution in [0.1, 0.15) is 252 Å². The van der Waals surface area contributed by atoms with E-state index in [9.17, 15) is 4.79 Å². The topological polar surface area (TPSA) is 26.3 Å². The Balaban J connectivity index is 3.11. The molecular weight excluding hydrogens is 536 g/mol. The predicted molar refractivity (Wildman–Crippen MR) is 198 cm³/mol. The zero-order valence-corrected chi connectivity index (χ0v) is 31.1. The van der Waals surface area contributed by atoms with Crippen LogP contribution in [0.3, 0.4) is 0 Å². The highest BCUT2D eigenvalue weighted by Crippen LogP contribution is 2.17. The van der Waals surface area contributed by atoms with Gasteiger partial charge in [0.25, 0.3) is 0 Å². The van der Waals surface area contributed by atoms with Crippen LogP contribution in [-0.2, 0) is 9.53 Å². The molecule has 0 unspecified atom stereocenters. The molecule has 0 fully saturated rings. The van der Waals surface area contributed by atoms with Crippen LogP contribution in [0.25, 0.3) is 0 Å². The van der Waals surface area contributed by atoms with Gasteiger partial charge in [-0.2, -0.15) is 0 Å². The third kappa shape index (κ3) is 39.5. The molecule has 0 atom stereocenters. The highest BCUT2D eigenvalue weighted by atomic mass is 16.5. The van der Waals surface area contributed by atoms with Gasteiger partial charge in [-0.15, -0.1) is 0 Å². The lowest BCUT2D eigenvalue weighted by Crippen LogP contribution is -2.05. The lowest BCUT2D eigenvalue weighted by Gasteiger charge is -2.06. The van der Waals surface area contributed by atoms with E-state index in [2.05, 4.69) is 20.8 Å². The van der Waals surface area contributed by atoms with Gasteiger partial charge in [0.1, 0.15) is 0 Å². The second-order valence-corrected chi connectivity index (χ2v) is 14.8. The van der Waals surface area contributed by atoms with Crippen molar-refractivity contribution in [1.82, 2.24) is 0 Å². The molecule has 0 radical (unpaired) electrons. The Labute approximate surface area is 279 Å². The van der Waals surface area contributed by atoms with Gasteiger partial charge in [-0.05, 0) is 18.8 Å². The second-order valence-electron chi connectivity index (χ2n) is 14.8. The Morgan fingerprint density at radius 2 is 0.659 bits per heavy atom. The van der Waals surface area contributed by atoms with Crippen LogP contribution in [0.4, 0.5) is 0 Å². The Morgan fingerprint density at radius 3 is 0.977 bits per heavy atom. The van der Waals surface area contributed by atoms with Crippen LogP contribution >= 0.6 is 0 Å². The maximum Gasteiger partial charge on any atom is 0.305 e. The zero-order valence-electron chi connectivity index (χ0n) is 31.1. The van der Waals surface area contributed by atoms with Crippen molar-refractivity contribution in [2.24, 2.45) is 5.92 Å². The minimum atomic E-state index is 0.0255. The van der Waals surface area contributed by atoms with E-state index in [0.717, 1.165) is 18.8 Å². The average molecular weight is 621 g/mol. The second kappa shape index (κ2) is 38.7. The number of unbranched alkanes of at least 4 members (excludes halogenated alkanes) is 32. The largest absolute Gasteiger partial charge is 0.466 e. The molecular formula is C42H84O2. The summed E-state index contributed by atoms with van der Waals surface area (Å²) in [5.41, 5.74) is 0. The van der Waals surface area contributed by atoms with Crippen LogP contribution in [-0.4, -0.2) is 12.6 Å². The highest BCUT2D eigenvalue weighted by Gasteiger charge is 2.03. The number of carbonyl (C=O) groups excluding carboxylic acids is 1. The lowest BCUT2D eigenvalue weighted by atomic mass is 10.0. The van der Waals surface area contributed by atoms with E-state index in [1.54, 1.807) is 0 Å². The standard InChI is InChI=1S/C42H84O2/c1-4-5-6-7-8-26-30-33-36-39-42(43)44-40-37-34-31-28-25-23-21-19-17-15-13-11-9-10-12-14-16-18-20-22-24-27-29-32-35-38-41(2)3/h41H,4-40H2,1-3H3. The number of rotatable bonds is 38. The van der Waals surface area contributed by atoms with Crippen molar-refractivity contribution in [1.29, 1.82) is 0 Å². The summed E-state index contributed by atoms with van der Waals surface area (Å²) in [7, 11) is 0. The molecule has 0 heterocycles. The number of ether oxygens (including phenoxy) is 1. The molecule has 0 aliphatic heterocycles. The van der Waals surface area contributed by atoms with Crippen molar-refractivity contribution in [3.63, 3.8) is 0 Å². The van der Waals surface area contributed by atoms with E-state index >= 15 is 0 Å². The van der Waals surface area contributed by atoms with Gasteiger partial charge >= 0.3 is 5.97 Å². The first-order valence-corrected chi connectivity index (χ1v) is 20.8. The molecule has 264 valence electrons. The fourth-order valence-electron chi connectivity index (χ4n) is 6.56. The fourth-order valence-corrected chi connectivity index (χ4v) is 6.56. The minimum Gasteiger partial charge on any atom is -0.466 e. The molecule has 0 bridgehead atoms. The van der Waals surface area contributed by atoms with Gasteiger partial charge in [0.05, 0.1) is 6.61 Å². The van der Waals surface area contributed by atoms with Crippen molar-refractivity contribution >= 4 is 5.97 Å². The molecule has 0 spiro atoms. The summed E-state index contributed by atoms with van der Waals surface area (Å²) in [6.45, 7) is 7.59. The Bertz CT molecular complexity index is 528. The summed E-state index contributed by atoms with van der Waals surface area (Å²) in [6, 6.07) is 0. The zero-order chi connectivity index (χ0) is 32.0. The van der Waals surface area contributed by atoms with E-state index in [-0.39, 0.29) is 5.97 Å². The average Bonchev–Trinajstić information content (AvgIpc) is 3.01. The van der Waals surface area contributed by atoms with Crippen molar-refractivity contribution in [3.05, 3.63) is 0 Å². The van der Waals surface area contributed by atoms with Gasteiger partial charge in [0, 0.05) is 6.42 Å². The first-order valence-electron chi connectivity index (χ1n) is 20.8. The van der Waals surface area contributed by atoms with E-state index in [0.29, 0.717) is 13.0 Å². The molecule has 0 N–H and O–H groups in total. The van der Waals surface area contributed by atoms with E-state index in [4.69, 9.17) is 4.74 Å². The summed E-state index contributed by atoms with van der Waals surface area (Å²) in [6.07, 6.45) is 49.2. The van der Waals surface area contributed by atoms with Gasteiger partial charge < -0.3 is 4.74 Å². The van der Waals surface area contributed by atoms with Crippen LogP contribution in [0.5, 0.6) is 0 Å². The Hall–Kier alpha value is -0.530. The SMILES string of the molecule is CCCCCCCCCCCC(=O)OCCCCCCCCCCCCCCCCCCCCCCCCCCCC(C)C. The summed E-state index contributed by atoms with van der Waals surface area (Å²) in [5, 5.41) is 0. The van der Waals surface area contributed by atoms with Crippen molar-refractivity contribution in [3.8, 4) is 0 Å². The van der Waals surface area contributed by atoms with Gasteiger partial charge in [0.2, 0.25) is 0 Å². The van der Waals surface area contributed by atoms with Gasteiger partial charge in [-0.1, -0.05) is 233 Å². The van der Waals surface area contributed by atoms with Gasteiger partial charge in [-0.3, -0.25) is 4.79 Å². The van der Waals surface area contributed by atoms with Crippen molar-refractivity contribution in [2.75, 3.05) is 6.61 Å². The smallest absolute Gasteiger partial charge is 0.305 e. The Kier molecular flexibility index (Phi) is 38.2. The molecule has 2 heteroatoms. The molecule has 0 aromatic heterocycles. The molecule has 0 aromatic carbocycles. The third-order valence-corrected chi connectivity index (χ3v) is 9.67. The minimum absolute atomic E-state index is 0.0255. The van der Waals surface area contributed by atoms with Crippen molar-refractivity contribution in [2.45, 2.75) is 252 Å². The van der Waals surface area contributed by atoms with Crippen LogP contribution < -0.4 is 0 Å². The monoisotopic (exact) mass is 621 g/mol. The highest BCUT2D eigenvalue weighted by molar-refractivity contribution is 5.69. The summed E-state index contributed by atoms with van der Waals surface area (Å²) >= 11 is 0. The fraction of sp³-hybridized carbons (Fsp3) is 0.976. The number of esters is 1. The Morgan fingerprint density at radius 1 is 0.386 bits per heavy atom. The molecule has 0 aromatic rings. The molecule has 0 amide bonds.